The SMILES string of the molecule is Cc1nsc(Nc2cnc(C(=O)N(C)CCN(C)C(=O)OC(C)(C)C)cn2)c1C(=O)Nc1ccc(F)c(F)c1. The van der Waals surface area contributed by atoms with Crippen molar-refractivity contribution in [2.75, 3.05) is 37.8 Å². The summed E-state index contributed by atoms with van der Waals surface area (Å²) in [6, 6.07) is 3.04. The van der Waals surface area contributed by atoms with E-state index in [-0.39, 0.29) is 35.9 Å². The fourth-order valence-corrected chi connectivity index (χ4v) is 3.94. The zero-order valence-electron chi connectivity index (χ0n) is 22.3. The molecule has 3 amide bonds. The molecular weight excluding hydrogens is 532 g/mol. The number of nitrogens with one attached hydrogen (secondary N) is 2. The molecule has 3 aromatic rings. The molecule has 0 spiro atoms. The second kappa shape index (κ2) is 12.1. The summed E-state index contributed by atoms with van der Waals surface area (Å²) in [5.41, 5.74) is 0.156. The molecular formula is C25H29F2N7O4S. The number of carbonyl (C=O) groups excluding carboxylic acids is 3. The van der Waals surface area contributed by atoms with Crippen LogP contribution >= 0.6 is 11.5 Å². The van der Waals surface area contributed by atoms with E-state index in [1.165, 1.54) is 28.3 Å². The Morgan fingerprint density at radius 3 is 2.33 bits per heavy atom. The quantitative estimate of drug-likeness (QED) is 0.413. The topological polar surface area (TPSA) is 130 Å². The van der Waals surface area contributed by atoms with Gasteiger partial charge in [0.05, 0.1) is 23.7 Å². The Kier molecular flexibility index (Phi) is 9.11. The minimum atomic E-state index is -1.09. The van der Waals surface area contributed by atoms with Gasteiger partial charge in [-0.3, -0.25) is 9.59 Å². The molecule has 0 saturated heterocycles. The third-order valence-electron chi connectivity index (χ3n) is 5.20. The number of halogens is 2. The van der Waals surface area contributed by atoms with Crippen LogP contribution < -0.4 is 10.6 Å². The van der Waals surface area contributed by atoms with E-state index >= 15 is 0 Å². The molecule has 14 heteroatoms. The minimum absolute atomic E-state index is 0.0829. The molecule has 0 aliphatic rings. The van der Waals surface area contributed by atoms with Crippen molar-refractivity contribution >= 4 is 45.9 Å². The van der Waals surface area contributed by atoms with Crippen LogP contribution in [0.2, 0.25) is 0 Å². The van der Waals surface area contributed by atoms with Gasteiger partial charge in [0.25, 0.3) is 11.8 Å². The van der Waals surface area contributed by atoms with Gasteiger partial charge in [0.15, 0.2) is 11.6 Å². The van der Waals surface area contributed by atoms with Crippen molar-refractivity contribution in [3.05, 3.63) is 59.2 Å². The van der Waals surface area contributed by atoms with E-state index in [0.29, 0.717) is 10.7 Å². The Hall–Kier alpha value is -4.20. The van der Waals surface area contributed by atoms with Gasteiger partial charge in [-0.2, -0.15) is 4.37 Å². The molecule has 0 unspecified atom stereocenters. The second-order valence-electron chi connectivity index (χ2n) is 9.60. The fraction of sp³-hybridized carbons (Fsp3) is 0.360. The summed E-state index contributed by atoms with van der Waals surface area (Å²) in [4.78, 5) is 48.8. The molecule has 11 nitrogen and oxygen atoms in total. The predicted octanol–water partition coefficient (Wildman–Crippen LogP) is 4.45. The Balaban J connectivity index is 1.62. The third kappa shape index (κ3) is 7.89. The largest absolute Gasteiger partial charge is 0.444 e. The van der Waals surface area contributed by atoms with Crippen LogP contribution in [0.3, 0.4) is 0 Å². The Morgan fingerprint density at radius 2 is 1.72 bits per heavy atom. The summed E-state index contributed by atoms with van der Waals surface area (Å²) in [6.07, 6.45) is 2.13. The third-order valence-corrected chi connectivity index (χ3v) is 6.06. The molecule has 0 aliphatic carbocycles. The number of hydrogen-bond donors (Lipinski definition) is 2. The minimum Gasteiger partial charge on any atom is -0.444 e. The number of benzene rings is 1. The van der Waals surface area contributed by atoms with Crippen molar-refractivity contribution < 1.29 is 27.9 Å². The van der Waals surface area contributed by atoms with Gasteiger partial charge in [-0.1, -0.05) is 0 Å². The highest BCUT2D eigenvalue weighted by molar-refractivity contribution is 7.10. The average molecular weight is 562 g/mol. The summed E-state index contributed by atoms with van der Waals surface area (Å²) < 4.78 is 36.2. The number of anilines is 3. The fourth-order valence-electron chi connectivity index (χ4n) is 3.14. The molecule has 2 heterocycles. The Bertz CT molecular complexity index is 1360. The molecule has 0 radical (unpaired) electrons. The summed E-state index contributed by atoms with van der Waals surface area (Å²) in [7, 11) is 3.16. The van der Waals surface area contributed by atoms with Crippen LogP contribution in [0.25, 0.3) is 0 Å². The number of nitrogens with zero attached hydrogens (tertiary/aromatic N) is 5. The normalized spacial score (nSPS) is 11.1. The number of aromatic nitrogens is 3. The van der Waals surface area contributed by atoms with Crippen LogP contribution in [0, 0.1) is 18.6 Å². The van der Waals surface area contributed by atoms with Crippen molar-refractivity contribution in [1.29, 1.82) is 0 Å². The average Bonchev–Trinajstić information content (AvgIpc) is 3.23. The highest BCUT2D eigenvalue weighted by Gasteiger charge is 2.22. The van der Waals surface area contributed by atoms with Crippen molar-refractivity contribution in [2.24, 2.45) is 0 Å². The van der Waals surface area contributed by atoms with Crippen LogP contribution in [0.5, 0.6) is 0 Å². The van der Waals surface area contributed by atoms with Crippen LogP contribution in [0.1, 0.15) is 47.3 Å². The van der Waals surface area contributed by atoms with E-state index in [0.717, 1.165) is 23.7 Å². The van der Waals surface area contributed by atoms with Gasteiger partial charge in [0, 0.05) is 38.9 Å². The van der Waals surface area contributed by atoms with Crippen molar-refractivity contribution in [3.63, 3.8) is 0 Å². The van der Waals surface area contributed by atoms with Gasteiger partial charge in [-0.15, -0.1) is 0 Å². The molecule has 0 bridgehead atoms. The second-order valence-corrected chi connectivity index (χ2v) is 10.4. The maximum absolute atomic E-state index is 13.5. The van der Waals surface area contributed by atoms with Crippen LogP contribution in [-0.2, 0) is 4.74 Å². The number of rotatable bonds is 8. The summed E-state index contributed by atoms with van der Waals surface area (Å²) in [5, 5.41) is 5.82. The molecule has 0 aliphatic heterocycles. The van der Waals surface area contributed by atoms with Gasteiger partial charge in [-0.25, -0.2) is 23.5 Å². The molecule has 2 N–H and O–H groups in total. The summed E-state index contributed by atoms with van der Waals surface area (Å²) >= 11 is 1.00. The van der Waals surface area contributed by atoms with Gasteiger partial charge in [0.2, 0.25) is 0 Å². The molecule has 39 heavy (non-hydrogen) atoms. The van der Waals surface area contributed by atoms with Gasteiger partial charge in [0.1, 0.15) is 22.1 Å². The van der Waals surface area contributed by atoms with Crippen LogP contribution in [0.4, 0.5) is 30.1 Å². The molecule has 0 atom stereocenters. The highest BCUT2D eigenvalue weighted by atomic mass is 32.1. The lowest BCUT2D eigenvalue weighted by Gasteiger charge is -2.26. The van der Waals surface area contributed by atoms with E-state index < -0.39 is 35.1 Å². The Morgan fingerprint density at radius 1 is 1.03 bits per heavy atom. The Labute approximate surface area is 228 Å². The highest BCUT2D eigenvalue weighted by Crippen LogP contribution is 2.28. The smallest absolute Gasteiger partial charge is 0.410 e. The van der Waals surface area contributed by atoms with Crippen molar-refractivity contribution in [3.8, 4) is 0 Å². The number of likely N-dealkylation sites (N-methyl/N-ethyl adjacent to an activating group) is 2. The first-order valence-electron chi connectivity index (χ1n) is 11.8. The monoisotopic (exact) mass is 561 g/mol. The number of hydrogen-bond acceptors (Lipinski definition) is 9. The first kappa shape index (κ1) is 29.4. The summed E-state index contributed by atoms with van der Waals surface area (Å²) in [5.74, 6) is -2.83. The molecule has 2 aromatic heterocycles. The number of amides is 3. The van der Waals surface area contributed by atoms with Gasteiger partial charge < -0.3 is 25.2 Å². The number of carbonyl (C=O) groups is 3. The lowest BCUT2D eigenvalue weighted by molar-refractivity contribution is 0.0282. The molecule has 208 valence electrons. The molecule has 0 saturated carbocycles. The lowest BCUT2D eigenvalue weighted by Crippen LogP contribution is -2.40. The predicted molar refractivity (Wildman–Crippen MR) is 142 cm³/mol. The number of aryl methyl sites for hydroxylation is 1. The molecule has 3 rings (SSSR count). The van der Waals surface area contributed by atoms with E-state index in [2.05, 4.69) is 25.0 Å². The zero-order chi connectivity index (χ0) is 28.9. The lowest BCUT2D eigenvalue weighted by atomic mass is 10.2. The standard InChI is InChI=1S/C25H29F2N7O4S/c1-14-20(21(35)30-15-7-8-16(26)17(27)11-15)22(39-32-14)31-19-13-28-18(12-29-19)23(36)33(5)9-10-34(6)24(37)38-25(2,3)4/h7-8,11-13H,9-10H2,1-6H3,(H,29,31)(H,30,35). The van der Waals surface area contributed by atoms with Crippen molar-refractivity contribution in [2.45, 2.75) is 33.3 Å². The maximum atomic E-state index is 13.5. The van der Waals surface area contributed by atoms with Crippen LogP contribution in [-0.4, -0.2) is 74.8 Å². The summed E-state index contributed by atoms with van der Waals surface area (Å²) in [6.45, 7) is 7.44. The van der Waals surface area contributed by atoms with Gasteiger partial charge >= 0.3 is 6.09 Å². The van der Waals surface area contributed by atoms with E-state index in [1.807, 2.05) is 0 Å². The van der Waals surface area contributed by atoms with Gasteiger partial charge in [-0.05, 0) is 51.4 Å². The maximum Gasteiger partial charge on any atom is 0.410 e. The first-order chi connectivity index (χ1) is 18.2. The van der Waals surface area contributed by atoms with E-state index in [4.69, 9.17) is 4.74 Å². The number of ether oxygens (including phenoxy) is 1. The van der Waals surface area contributed by atoms with E-state index in [1.54, 1.807) is 41.8 Å². The first-order valence-corrected chi connectivity index (χ1v) is 12.5. The van der Waals surface area contributed by atoms with Crippen molar-refractivity contribution in [1.82, 2.24) is 24.1 Å². The molecule has 0 fully saturated rings. The van der Waals surface area contributed by atoms with Crippen LogP contribution in [0.15, 0.2) is 30.6 Å². The van der Waals surface area contributed by atoms with E-state index in [9.17, 15) is 23.2 Å². The zero-order valence-corrected chi connectivity index (χ0v) is 23.2. The molecule has 1 aromatic carbocycles.